The maximum Gasteiger partial charge on any atom is 0.252 e. The van der Waals surface area contributed by atoms with E-state index in [0.29, 0.717) is 37.1 Å². The van der Waals surface area contributed by atoms with E-state index in [9.17, 15) is 18.0 Å². The van der Waals surface area contributed by atoms with Crippen LogP contribution < -0.4 is 5.32 Å². The summed E-state index contributed by atoms with van der Waals surface area (Å²) in [6.45, 7) is 0.643. The Bertz CT molecular complexity index is 1040. The Morgan fingerprint density at radius 1 is 1.23 bits per heavy atom. The molecule has 1 aliphatic rings. The highest BCUT2D eigenvalue weighted by Gasteiger charge is 2.28. The molecule has 0 radical (unpaired) electrons. The van der Waals surface area contributed by atoms with Crippen LogP contribution in [0.4, 0.5) is 0 Å². The summed E-state index contributed by atoms with van der Waals surface area (Å²) >= 11 is 1.46. The second-order valence-electron chi connectivity index (χ2n) is 7.04. The average molecular weight is 447 g/mol. The first-order chi connectivity index (χ1) is 14.3. The number of rotatable bonds is 6. The topological polar surface area (TPSA) is 111 Å². The molecule has 2 heterocycles. The standard InChI is InChI=1S/C20H22N4O4S2/c1-23(30(27,28)18-4-2-15(12-21)3-5-18)13-19(25)24-9-6-17(7-10-24)22-20(26)16-8-11-29-14-16/h2-5,8,11,14,17H,6-7,9-10,13H2,1H3,(H,22,26). The van der Waals surface area contributed by atoms with E-state index in [2.05, 4.69) is 5.32 Å². The minimum absolute atomic E-state index is 0.0124. The minimum atomic E-state index is -3.83. The van der Waals surface area contributed by atoms with E-state index in [0.717, 1.165) is 4.31 Å². The molecule has 2 amide bonds. The van der Waals surface area contributed by atoms with Gasteiger partial charge in [0.2, 0.25) is 15.9 Å². The predicted octanol–water partition coefficient (Wildman–Crippen LogP) is 1.66. The summed E-state index contributed by atoms with van der Waals surface area (Å²) in [7, 11) is -2.47. The smallest absolute Gasteiger partial charge is 0.252 e. The fraction of sp³-hybridized carbons (Fsp3) is 0.350. The maximum absolute atomic E-state index is 12.7. The van der Waals surface area contributed by atoms with Crippen LogP contribution in [-0.2, 0) is 14.8 Å². The highest BCUT2D eigenvalue weighted by molar-refractivity contribution is 7.89. The molecule has 0 spiro atoms. The lowest BCUT2D eigenvalue weighted by Crippen LogP contribution is -2.49. The van der Waals surface area contributed by atoms with Crippen molar-refractivity contribution in [1.29, 1.82) is 5.26 Å². The van der Waals surface area contributed by atoms with Crippen molar-refractivity contribution in [2.24, 2.45) is 0 Å². The zero-order valence-corrected chi connectivity index (χ0v) is 18.1. The van der Waals surface area contributed by atoms with Crippen LogP contribution in [0.3, 0.4) is 0 Å². The van der Waals surface area contributed by atoms with Crippen LogP contribution in [0.5, 0.6) is 0 Å². The Morgan fingerprint density at radius 2 is 1.90 bits per heavy atom. The van der Waals surface area contributed by atoms with Crippen molar-refractivity contribution < 1.29 is 18.0 Å². The largest absolute Gasteiger partial charge is 0.349 e. The van der Waals surface area contributed by atoms with E-state index in [4.69, 9.17) is 5.26 Å². The summed E-state index contributed by atoms with van der Waals surface area (Å²) in [6.07, 6.45) is 1.24. The highest BCUT2D eigenvalue weighted by Crippen LogP contribution is 2.17. The number of amides is 2. The first kappa shape index (κ1) is 22.0. The molecule has 2 aromatic rings. The molecule has 1 N–H and O–H groups in total. The molecule has 1 saturated heterocycles. The number of nitrogens with zero attached hydrogens (tertiary/aromatic N) is 3. The lowest BCUT2D eigenvalue weighted by Gasteiger charge is -2.33. The monoisotopic (exact) mass is 446 g/mol. The zero-order valence-electron chi connectivity index (χ0n) is 16.4. The third-order valence-electron chi connectivity index (χ3n) is 5.02. The number of carbonyl (C=O) groups is 2. The number of nitriles is 1. The Kier molecular flexibility index (Phi) is 6.87. The predicted molar refractivity (Wildman–Crippen MR) is 112 cm³/mol. The number of piperidine rings is 1. The molecule has 10 heteroatoms. The van der Waals surface area contributed by atoms with E-state index >= 15 is 0 Å². The Labute approximate surface area is 179 Å². The summed E-state index contributed by atoms with van der Waals surface area (Å²) in [6, 6.07) is 9.26. The molecule has 0 unspecified atom stereocenters. The molecule has 8 nitrogen and oxygen atoms in total. The zero-order chi connectivity index (χ0) is 21.7. The van der Waals surface area contributed by atoms with Crippen molar-refractivity contribution in [1.82, 2.24) is 14.5 Å². The van der Waals surface area contributed by atoms with E-state index < -0.39 is 10.0 Å². The lowest BCUT2D eigenvalue weighted by molar-refractivity contribution is -0.132. The first-order valence-corrected chi connectivity index (χ1v) is 11.8. The molecule has 1 aliphatic heterocycles. The van der Waals surface area contributed by atoms with Gasteiger partial charge >= 0.3 is 0 Å². The van der Waals surface area contributed by atoms with Gasteiger partial charge in [-0.15, -0.1) is 0 Å². The van der Waals surface area contributed by atoms with Crippen LogP contribution in [0.1, 0.15) is 28.8 Å². The van der Waals surface area contributed by atoms with Crippen molar-refractivity contribution in [2.75, 3.05) is 26.7 Å². The van der Waals surface area contributed by atoms with Gasteiger partial charge in [0.25, 0.3) is 5.91 Å². The van der Waals surface area contributed by atoms with Gasteiger partial charge in [-0.05, 0) is 48.6 Å². The Hall–Kier alpha value is -2.74. The van der Waals surface area contributed by atoms with Gasteiger partial charge in [-0.25, -0.2) is 8.42 Å². The van der Waals surface area contributed by atoms with Gasteiger partial charge in [-0.2, -0.15) is 20.9 Å². The molecule has 0 saturated carbocycles. The van der Waals surface area contributed by atoms with Crippen LogP contribution in [0.15, 0.2) is 46.0 Å². The van der Waals surface area contributed by atoms with Gasteiger partial charge in [0.05, 0.1) is 23.1 Å². The first-order valence-electron chi connectivity index (χ1n) is 9.38. The van der Waals surface area contributed by atoms with Gasteiger partial charge in [0.15, 0.2) is 0 Å². The summed E-state index contributed by atoms with van der Waals surface area (Å²) < 4.78 is 26.3. The highest BCUT2D eigenvalue weighted by atomic mass is 32.2. The van der Waals surface area contributed by atoms with Crippen LogP contribution in [0, 0.1) is 11.3 Å². The molecule has 158 valence electrons. The molecule has 0 aliphatic carbocycles. The van der Waals surface area contributed by atoms with Gasteiger partial charge < -0.3 is 10.2 Å². The molecule has 30 heavy (non-hydrogen) atoms. The number of hydrogen-bond acceptors (Lipinski definition) is 6. The minimum Gasteiger partial charge on any atom is -0.349 e. The van der Waals surface area contributed by atoms with Crippen molar-refractivity contribution in [3.63, 3.8) is 0 Å². The van der Waals surface area contributed by atoms with Gasteiger partial charge in [-0.1, -0.05) is 0 Å². The average Bonchev–Trinajstić information content (AvgIpc) is 3.29. The molecule has 0 bridgehead atoms. The number of thiophene rings is 1. The van der Waals surface area contributed by atoms with Crippen molar-refractivity contribution in [3.8, 4) is 6.07 Å². The van der Waals surface area contributed by atoms with Gasteiger partial charge in [-0.3, -0.25) is 9.59 Å². The number of carbonyl (C=O) groups excluding carboxylic acids is 2. The van der Waals surface area contributed by atoms with Crippen LogP contribution in [-0.4, -0.2) is 62.2 Å². The van der Waals surface area contributed by atoms with Crippen LogP contribution in [0.2, 0.25) is 0 Å². The quantitative estimate of drug-likeness (QED) is 0.726. The maximum atomic E-state index is 12.7. The van der Waals surface area contributed by atoms with Gasteiger partial charge in [0, 0.05) is 37.1 Å². The van der Waals surface area contributed by atoms with Crippen molar-refractivity contribution in [2.45, 2.75) is 23.8 Å². The summed E-state index contributed by atoms with van der Waals surface area (Å²) in [5, 5.41) is 15.4. The number of likely N-dealkylation sites (N-methyl/N-ethyl adjacent to an activating group) is 1. The fourth-order valence-corrected chi connectivity index (χ4v) is 4.95. The summed E-state index contributed by atoms with van der Waals surface area (Å²) in [4.78, 5) is 26.4. The molecule has 1 aromatic carbocycles. The van der Waals surface area contributed by atoms with Crippen LogP contribution >= 0.6 is 11.3 Å². The summed E-state index contributed by atoms with van der Waals surface area (Å²) in [5.74, 6) is -0.397. The third kappa shape index (κ3) is 5.05. The fourth-order valence-electron chi connectivity index (χ4n) is 3.19. The second-order valence-corrected chi connectivity index (χ2v) is 9.86. The lowest BCUT2D eigenvalue weighted by atomic mass is 10.0. The Morgan fingerprint density at radius 3 is 2.47 bits per heavy atom. The van der Waals surface area contributed by atoms with E-state index in [1.54, 1.807) is 16.3 Å². The molecule has 3 rings (SSSR count). The number of benzene rings is 1. The second kappa shape index (κ2) is 9.38. The molecular weight excluding hydrogens is 424 g/mol. The number of hydrogen-bond donors (Lipinski definition) is 1. The number of nitrogens with one attached hydrogen (secondary N) is 1. The molecule has 1 fully saturated rings. The molecular formula is C20H22N4O4S2. The normalized spacial score (nSPS) is 15.0. The summed E-state index contributed by atoms with van der Waals surface area (Å²) in [5.41, 5.74) is 0.995. The van der Waals surface area contributed by atoms with E-state index in [1.165, 1.54) is 42.6 Å². The SMILES string of the molecule is CN(CC(=O)N1CCC(NC(=O)c2ccsc2)CC1)S(=O)(=O)c1ccc(C#N)cc1. The van der Waals surface area contributed by atoms with E-state index in [1.807, 2.05) is 11.4 Å². The van der Waals surface area contributed by atoms with Crippen molar-refractivity contribution >= 4 is 33.2 Å². The van der Waals surface area contributed by atoms with E-state index in [-0.39, 0.29) is 29.3 Å². The van der Waals surface area contributed by atoms with Gasteiger partial charge in [0.1, 0.15) is 0 Å². The molecule has 1 aromatic heterocycles. The molecule has 0 atom stereocenters. The van der Waals surface area contributed by atoms with Crippen LogP contribution in [0.25, 0.3) is 0 Å². The van der Waals surface area contributed by atoms with Crippen molar-refractivity contribution in [3.05, 3.63) is 52.2 Å². The Balaban J connectivity index is 1.52. The number of sulfonamides is 1. The number of likely N-dealkylation sites (tertiary alicyclic amines) is 1. The third-order valence-corrected chi connectivity index (χ3v) is 7.52.